The normalized spacial score (nSPS) is 9.96. The first-order valence-electron chi connectivity index (χ1n) is 7.03. The number of hydrogen-bond acceptors (Lipinski definition) is 7. The number of amides is 1. The molecule has 0 spiro atoms. The number of furan rings is 1. The van der Waals surface area contributed by atoms with Crippen LogP contribution in [0.2, 0.25) is 0 Å². The minimum atomic E-state index is -0.644. The van der Waals surface area contributed by atoms with Crippen LogP contribution in [-0.4, -0.2) is 37.2 Å². The number of carbonyl (C=O) groups excluding carboxylic acids is 3. The zero-order chi connectivity index (χ0) is 19.3. The molecule has 0 fully saturated rings. The molecule has 8 nitrogen and oxygen atoms in total. The van der Waals surface area contributed by atoms with Crippen LogP contribution in [0.4, 0.5) is 5.69 Å². The van der Waals surface area contributed by atoms with Crippen LogP contribution in [0.1, 0.15) is 31.3 Å². The van der Waals surface area contributed by atoms with Gasteiger partial charge in [-0.1, -0.05) is 0 Å². The van der Waals surface area contributed by atoms with Gasteiger partial charge in [-0.15, -0.1) is 0 Å². The lowest BCUT2D eigenvalue weighted by Gasteiger charge is -2.11. The Morgan fingerprint density at radius 3 is 2.08 bits per heavy atom. The highest BCUT2D eigenvalue weighted by Gasteiger charge is 2.16. The average molecular weight is 441 g/mol. The van der Waals surface area contributed by atoms with Crippen LogP contribution in [0.5, 0.6) is 0 Å². The number of hydrogen-bond donors (Lipinski definition) is 2. The minimum absolute atomic E-state index is 0.0552. The van der Waals surface area contributed by atoms with Crippen LogP contribution in [0.15, 0.2) is 39.4 Å². The van der Waals surface area contributed by atoms with Gasteiger partial charge in [0.05, 0.1) is 25.3 Å². The second kappa shape index (κ2) is 8.59. The summed E-state index contributed by atoms with van der Waals surface area (Å²) >= 11 is 8.16. The maximum absolute atomic E-state index is 12.0. The molecule has 2 aromatic rings. The van der Waals surface area contributed by atoms with Crippen LogP contribution >= 0.6 is 28.1 Å². The van der Waals surface area contributed by atoms with Crippen molar-refractivity contribution in [2.75, 3.05) is 19.5 Å². The van der Waals surface area contributed by atoms with Crippen LogP contribution in [0, 0.1) is 0 Å². The Balaban J connectivity index is 2.18. The van der Waals surface area contributed by atoms with Gasteiger partial charge in [-0.25, -0.2) is 9.59 Å². The summed E-state index contributed by atoms with van der Waals surface area (Å²) < 4.78 is 14.8. The molecule has 1 heterocycles. The van der Waals surface area contributed by atoms with E-state index in [9.17, 15) is 14.4 Å². The topological polar surface area (TPSA) is 107 Å². The summed E-state index contributed by atoms with van der Waals surface area (Å²) in [5.41, 5.74) is 0.517. The fourth-order valence-corrected chi connectivity index (χ4v) is 2.45. The van der Waals surface area contributed by atoms with E-state index in [0.29, 0.717) is 10.4 Å². The molecule has 0 radical (unpaired) electrons. The third kappa shape index (κ3) is 4.90. The molecular formula is C16H13BrN2O6S. The Labute approximate surface area is 162 Å². The lowest BCUT2D eigenvalue weighted by atomic mass is 10.1. The van der Waals surface area contributed by atoms with Crippen molar-refractivity contribution in [3.63, 3.8) is 0 Å². The molecule has 0 saturated carbocycles. The molecule has 0 aliphatic rings. The highest BCUT2D eigenvalue weighted by molar-refractivity contribution is 9.10. The van der Waals surface area contributed by atoms with Gasteiger partial charge in [0.2, 0.25) is 0 Å². The number of anilines is 1. The number of thiocarbonyl (C=S) groups is 1. The van der Waals surface area contributed by atoms with Gasteiger partial charge in [0, 0.05) is 5.69 Å². The number of methoxy groups -OCH3 is 2. The summed E-state index contributed by atoms with van der Waals surface area (Å²) in [5, 5.41) is 5.08. The van der Waals surface area contributed by atoms with Crippen LogP contribution in [0.25, 0.3) is 0 Å². The number of carbonyl (C=O) groups is 3. The number of nitrogens with one attached hydrogen (secondary N) is 2. The van der Waals surface area contributed by atoms with Gasteiger partial charge in [-0.2, -0.15) is 0 Å². The Hall–Kier alpha value is -2.72. The van der Waals surface area contributed by atoms with Gasteiger partial charge in [0.15, 0.2) is 15.5 Å². The molecule has 2 N–H and O–H groups in total. The lowest BCUT2D eigenvalue weighted by molar-refractivity contribution is 0.0599. The van der Waals surface area contributed by atoms with Gasteiger partial charge in [-0.05, 0) is 58.5 Å². The fraction of sp³-hybridized carbons (Fsp3) is 0.125. The van der Waals surface area contributed by atoms with Crippen molar-refractivity contribution < 1.29 is 28.3 Å². The first kappa shape index (κ1) is 19.6. The first-order chi connectivity index (χ1) is 12.3. The van der Waals surface area contributed by atoms with Gasteiger partial charge < -0.3 is 19.2 Å². The Bertz CT molecular complexity index is 845. The van der Waals surface area contributed by atoms with E-state index in [2.05, 4.69) is 36.0 Å². The molecule has 0 bridgehead atoms. The highest BCUT2D eigenvalue weighted by atomic mass is 79.9. The third-order valence-electron chi connectivity index (χ3n) is 3.06. The molecule has 2 rings (SSSR count). The number of halogens is 1. The fourth-order valence-electron chi connectivity index (χ4n) is 1.93. The molecule has 0 aliphatic heterocycles. The quantitative estimate of drug-likeness (QED) is 0.551. The molecule has 10 heteroatoms. The Kier molecular flexibility index (Phi) is 6.47. The first-order valence-corrected chi connectivity index (χ1v) is 8.23. The van der Waals surface area contributed by atoms with Crippen LogP contribution < -0.4 is 10.6 Å². The monoisotopic (exact) mass is 440 g/mol. The molecule has 0 aliphatic carbocycles. The molecule has 1 aromatic heterocycles. The number of esters is 2. The number of rotatable bonds is 4. The molecule has 1 amide bonds. The molecular weight excluding hydrogens is 428 g/mol. The van der Waals surface area contributed by atoms with E-state index in [1.54, 1.807) is 6.07 Å². The van der Waals surface area contributed by atoms with Crippen molar-refractivity contribution in [3.05, 3.63) is 51.9 Å². The maximum atomic E-state index is 12.0. The third-order valence-corrected chi connectivity index (χ3v) is 3.69. The van der Waals surface area contributed by atoms with Gasteiger partial charge in [-0.3, -0.25) is 10.1 Å². The molecule has 0 saturated heterocycles. The SMILES string of the molecule is COC(=O)c1cc(NC(=S)NC(=O)c2ccc(Br)o2)cc(C(=O)OC)c1. The van der Waals surface area contributed by atoms with Crippen LogP contribution in [0.3, 0.4) is 0 Å². The number of ether oxygens (including phenoxy) is 2. The molecule has 0 atom stereocenters. The van der Waals surface area contributed by atoms with Crippen LogP contribution in [-0.2, 0) is 9.47 Å². The van der Waals surface area contributed by atoms with Crippen molar-refractivity contribution in [1.82, 2.24) is 5.32 Å². The standard InChI is InChI=1S/C16H13BrN2O6S/c1-23-14(21)8-5-9(15(22)24-2)7-10(6-8)18-16(26)19-13(20)11-3-4-12(17)25-11/h3-7H,1-2H3,(H2,18,19,20,26). The van der Waals surface area contributed by atoms with Gasteiger partial charge in [0.1, 0.15) is 0 Å². The Morgan fingerprint density at radius 2 is 1.62 bits per heavy atom. The number of benzene rings is 1. The van der Waals surface area contributed by atoms with Crippen molar-refractivity contribution >= 4 is 56.8 Å². The summed E-state index contributed by atoms with van der Waals surface area (Å²) in [6.07, 6.45) is 0. The summed E-state index contributed by atoms with van der Waals surface area (Å²) in [6.45, 7) is 0. The van der Waals surface area contributed by atoms with Crippen molar-refractivity contribution in [2.24, 2.45) is 0 Å². The van der Waals surface area contributed by atoms with E-state index >= 15 is 0 Å². The van der Waals surface area contributed by atoms with E-state index < -0.39 is 17.8 Å². The predicted octanol–water partition coefficient (Wildman–Crippen LogP) is 2.74. The summed E-state index contributed by atoms with van der Waals surface area (Å²) in [4.78, 5) is 35.5. The predicted molar refractivity (Wildman–Crippen MR) is 99.2 cm³/mol. The second-order valence-electron chi connectivity index (χ2n) is 4.79. The molecule has 1 aromatic carbocycles. The zero-order valence-electron chi connectivity index (χ0n) is 13.6. The minimum Gasteiger partial charge on any atom is -0.465 e. The molecule has 26 heavy (non-hydrogen) atoms. The lowest BCUT2D eigenvalue weighted by Crippen LogP contribution is -2.34. The van der Waals surface area contributed by atoms with E-state index in [1.165, 1.54) is 38.5 Å². The van der Waals surface area contributed by atoms with Gasteiger partial charge >= 0.3 is 11.9 Å². The van der Waals surface area contributed by atoms with E-state index in [0.717, 1.165) is 0 Å². The van der Waals surface area contributed by atoms with E-state index in [1.807, 2.05) is 0 Å². The van der Waals surface area contributed by atoms with Gasteiger partial charge in [0.25, 0.3) is 5.91 Å². The summed E-state index contributed by atoms with van der Waals surface area (Å²) in [7, 11) is 2.43. The molecule has 0 unspecified atom stereocenters. The van der Waals surface area contributed by atoms with E-state index in [-0.39, 0.29) is 22.0 Å². The Morgan fingerprint density at radius 1 is 1.04 bits per heavy atom. The van der Waals surface area contributed by atoms with Crippen molar-refractivity contribution in [2.45, 2.75) is 0 Å². The maximum Gasteiger partial charge on any atom is 0.337 e. The average Bonchev–Trinajstić information content (AvgIpc) is 3.06. The summed E-state index contributed by atoms with van der Waals surface area (Å²) in [5.74, 6) is -1.80. The smallest absolute Gasteiger partial charge is 0.337 e. The van der Waals surface area contributed by atoms with Crippen molar-refractivity contribution in [1.29, 1.82) is 0 Å². The largest absolute Gasteiger partial charge is 0.465 e. The summed E-state index contributed by atoms with van der Waals surface area (Å²) in [6, 6.07) is 7.19. The van der Waals surface area contributed by atoms with E-state index in [4.69, 9.17) is 16.6 Å². The second-order valence-corrected chi connectivity index (χ2v) is 5.98. The molecule has 136 valence electrons. The van der Waals surface area contributed by atoms with Crippen molar-refractivity contribution in [3.8, 4) is 0 Å². The zero-order valence-corrected chi connectivity index (χ0v) is 16.0. The highest BCUT2D eigenvalue weighted by Crippen LogP contribution is 2.17.